The number of hydrogen-bond donors (Lipinski definition) is 2. The third-order valence-electron chi connectivity index (χ3n) is 7.35. The number of carbonyl (C=O) groups excluding carboxylic acids is 1. The fraction of sp³-hybridized carbons (Fsp3) is 0.560. The van der Waals surface area contributed by atoms with Crippen LogP contribution >= 0.6 is 0 Å². The second kappa shape index (κ2) is 11.7. The van der Waals surface area contributed by atoms with E-state index in [1.54, 1.807) is 30.3 Å². The van der Waals surface area contributed by atoms with Crippen molar-refractivity contribution in [3.8, 4) is 0 Å². The van der Waals surface area contributed by atoms with E-state index in [0.29, 0.717) is 5.56 Å². The minimum absolute atomic E-state index is 0.0169. The number of carboxylic acids is 1. The van der Waals surface area contributed by atoms with Gasteiger partial charge in [0, 0.05) is 19.1 Å². The van der Waals surface area contributed by atoms with Crippen LogP contribution in [0.1, 0.15) is 55.5 Å². The Kier molecular flexibility index (Phi) is 8.78. The molecule has 1 aliphatic heterocycles. The molecule has 4 rings (SSSR count). The molecule has 1 saturated heterocycles. The van der Waals surface area contributed by atoms with E-state index in [-0.39, 0.29) is 41.8 Å². The van der Waals surface area contributed by atoms with E-state index < -0.39 is 49.9 Å². The Morgan fingerprint density at radius 3 is 2.28 bits per heavy atom. The minimum Gasteiger partial charge on any atom is -0.481 e. The Labute approximate surface area is 228 Å². The van der Waals surface area contributed by atoms with Gasteiger partial charge in [0.1, 0.15) is 10.6 Å². The number of nitrogens with one attached hydrogen (secondary N) is 1. The summed E-state index contributed by atoms with van der Waals surface area (Å²) in [5.41, 5.74) is 0.567. The van der Waals surface area contributed by atoms with Crippen LogP contribution in [0.25, 0.3) is 0 Å². The van der Waals surface area contributed by atoms with Crippen molar-refractivity contribution in [1.82, 2.24) is 19.1 Å². The van der Waals surface area contributed by atoms with Crippen molar-refractivity contribution in [3.63, 3.8) is 0 Å². The standard InChI is InChI=1S/C25H34N4O8S2/c1-17-23(18(2)37-27-17)39(35,36)29-14-13-28(38(33,34)16-19-9-5-3-6-10-19)25(29)24(32)26-21(15-22(30)31)20-11-7-4-8-12-20/h3,5-6,9-10,20-21,25H,4,7-8,11-16H2,1-2H3,(H,26,32)(H,30,31). The highest BCUT2D eigenvalue weighted by Crippen LogP contribution is 2.32. The van der Waals surface area contributed by atoms with Gasteiger partial charge in [0.2, 0.25) is 20.0 Å². The summed E-state index contributed by atoms with van der Waals surface area (Å²) in [6, 6.07) is 7.62. The van der Waals surface area contributed by atoms with Gasteiger partial charge < -0.3 is 14.9 Å². The van der Waals surface area contributed by atoms with Crippen LogP contribution in [0, 0.1) is 19.8 Å². The van der Waals surface area contributed by atoms with E-state index in [2.05, 4.69) is 10.5 Å². The molecule has 0 spiro atoms. The molecular weight excluding hydrogens is 548 g/mol. The summed E-state index contributed by atoms with van der Waals surface area (Å²) in [5.74, 6) is -2.51. The number of aliphatic carboxylic acids is 1. The molecule has 0 bridgehead atoms. The maximum atomic E-state index is 13.8. The normalized spacial score (nSPS) is 20.6. The lowest BCUT2D eigenvalue weighted by Gasteiger charge is -2.33. The number of aryl methyl sites for hydroxylation is 2. The lowest BCUT2D eigenvalue weighted by atomic mass is 9.82. The molecular formula is C25H34N4O8S2. The molecule has 2 aliphatic rings. The third-order valence-corrected chi connectivity index (χ3v) is 11.2. The van der Waals surface area contributed by atoms with E-state index in [9.17, 15) is 31.5 Å². The van der Waals surface area contributed by atoms with Crippen LogP contribution in [-0.2, 0) is 35.4 Å². The molecule has 2 N–H and O–H groups in total. The summed E-state index contributed by atoms with van der Waals surface area (Å²) in [4.78, 5) is 25.3. The molecule has 12 nitrogen and oxygen atoms in total. The van der Waals surface area contributed by atoms with Crippen LogP contribution in [0.5, 0.6) is 0 Å². The van der Waals surface area contributed by atoms with Crippen LogP contribution in [0.3, 0.4) is 0 Å². The lowest BCUT2D eigenvalue weighted by Crippen LogP contribution is -2.56. The van der Waals surface area contributed by atoms with Crippen LogP contribution in [0.15, 0.2) is 39.8 Å². The smallest absolute Gasteiger partial charge is 0.305 e. The Balaban J connectivity index is 1.71. The first-order valence-corrected chi connectivity index (χ1v) is 16.0. The molecule has 1 aromatic carbocycles. The second-order valence-corrected chi connectivity index (χ2v) is 13.9. The molecule has 2 aromatic rings. The third kappa shape index (κ3) is 6.34. The first-order chi connectivity index (χ1) is 18.4. The predicted octanol–water partition coefficient (Wildman–Crippen LogP) is 1.99. The van der Waals surface area contributed by atoms with Crippen molar-refractivity contribution in [2.75, 3.05) is 13.1 Å². The van der Waals surface area contributed by atoms with Crippen molar-refractivity contribution in [1.29, 1.82) is 0 Å². The molecule has 39 heavy (non-hydrogen) atoms. The van der Waals surface area contributed by atoms with Gasteiger partial charge in [-0.2, -0.15) is 8.61 Å². The maximum Gasteiger partial charge on any atom is 0.305 e. The fourth-order valence-electron chi connectivity index (χ4n) is 5.54. The van der Waals surface area contributed by atoms with E-state index in [0.717, 1.165) is 40.7 Å². The van der Waals surface area contributed by atoms with Crippen LogP contribution < -0.4 is 5.32 Å². The van der Waals surface area contributed by atoms with Gasteiger partial charge in [-0.15, -0.1) is 0 Å². The number of nitrogens with zero attached hydrogens (tertiary/aromatic N) is 3. The molecule has 214 valence electrons. The van der Waals surface area contributed by atoms with Gasteiger partial charge in [-0.25, -0.2) is 16.8 Å². The fourth-order valence-corrected chi connectivity index (χ4v) is 9.09. The van der Waals surface area contributed by atoms with Crippen LogP contribution in [0.2, 0.25) is 0 Å². The lowest BCUT2D eigenvalue weighted by molar-refractivity contribution is -0.138. The maximum absolute atomic E-state index is 13.8. The molecule has 2 unspecified atom stereocenters. The summed E-state index contributed by atoms with van der Waals surface area (Å²) < 4.78 is 61.5. The number of benzene rings is 1. The number of aromatic nitrogens is 1. The van der Waals surface area contributed by atoms with Crippen LogP contribution in [-0.4, -0.2) is 72.9 Å². The topological polar surface area (TPSA) is 167 Å². The van der Waals surface area contributed by atoms with E-state index in [1.165, 1.54) is 13.8 Å². The molecule has 2 heterocycles. The zero-order chi connectivity index (χ0) is 28.4. The zero-order valence-corrected chi connectivity index (χ0v) is 23.6. The van der Waals surface area contributed by atoms with Crippen molar-refractivity contribution in [2.45, 2.75) is 75.2 Å². The van der Waals surface area contributed by atoms with E-state index >= 15 is 0 Å². The highest BCUT2D eigenvalue weighted by molar-refractivity contribution is 7.90. The number of carboxylic acid groups (broad SMARTS) is 1. The zero-order valence-electron chi connectivity index (χ0n) is 21.9. The molecule has 14 heteroatoms. The highest BCUT2D eigenvalue weighted by Gasteiger charge is 2.50. The van der Waals surface area contributed by atoms with Gasteiger partial charge in [0.05, 0.1) is 12.2 Å². The van der Waals surface area contributed by atoms with Crippen LogP contribution in [0.4, 0.5) is 0 Å². The Bertz CT molecular complexity index is 1380. The monoisotopic (exact) mass is 582 g/mol. The number of hydrogen-bond acceptors (Lipinski definition) is 8. The average Bonchev–Trinajstić information content (AvgIpc) is 3.49. The van der Waals surface area contributed by atoms with Gasteiger partial charge in [0.15, 0.2) is 11.9 Å². The summed E-state index contributed by atoms with van der Waals surface area (Å²) in [7, 11) is -8.57. The van der Waals surface area contributed by atoms with Gasteiger partial charge in [-0.05, 0) is 38.2 Å². The van der Waals surface area contributed by atoms with Crippen molar-refractivity contribution in [2.24, 2.45) is 5.92 Å². The Morgan fingerprint density at radius 2 is 1.69 bits per heavy atom. The van der Waals surface area contributed by atoms with E-state index in [1.807, 2.05) is 0 Å². The Hall–Kier alpha value is -2.81. The number of carbonyl (C=O) groups is 2. The molecule has 0 radical (unpaired) electrons. The molecule has 1 amide bonds. The molecule has 2 atom stereocenters. The first kappa shape index (κ1) is 29.2. The predicted molar refractivity (Wildman–Crippen MR) is 140 cm³/mol. The second-order valence-electron chi connectivity index (χ2n) is 10.1. The summed E-state index contributed by atoms with van der Waals surface area (Å²) >= 11 is 0. The Morgan fingerprint density at radius 1 is 1.05 bits per heavy atom. The first-order valence-electron chi connectivity index (χ1n) is 12.9. The number of rotatable bonds is 10. The molecule has 1 aliphatic carbocycles. The van der Waals surface area contributed by atoms with Gasteiger partial charge >= 0.3 is 5.97 Å². The van der Waals surface area contributed by atoms with E-state index in [4.69, 9.17) is 4.52 Å². The highest BCUT2D eigenvalue weighted by atomic mass is 32.2. The van der Waals surface area contributed by atoms with Crippen molar-refractivity contribution >= 4 is 31.9 Å². The number of sulfonamides is 2. The summed E-state index contributed by atoms with van der Waals surface area (Å²) in [6.07, 6.45) is 2.16. The number of amides is 1. The van der Waals surface area contributed by atoms with Crippen molar-refractivity contribution in [3.05, 3.63) is 47.3 Å². The van der Waals surface area contributed by atoms with Gasteiger partial charge in [-0.3, -0.25) is 9.59 Å². The largest absolute Gasteiger partial charge is 0.481 e. The van der Waals surface area contributed by atoms with Gasteiger partial charge in [0.25, 0.3) is 5.91 Å². The molecule has 2 fully saturated rings. The SMILES string of the molecule is Cc1noc(C)c1S(=O)(=O)N1CCN(S(=O)(=O)Cc2ccccc2)C1C(=O)NC(CC(=O)O)C1CCCCC1. The average molecular weight is 583 g/mol. The summed E-state index contributed by atoms with van der Waals surface area (Å²) in [6.45, 7) is 2.35. The van der Waals surface area contributed by atoms with Crippen molar-refractivity contribution < 1.29 is 36.1 Å². The minimum atomic E-state index is -4.41. The molecule has 1 saturated carbocycles. The van der Waals surface area contributed by atoms with Gasteiger partial charge in [-0.1, -0.05) is 54.8 Å². The summed E-state index contributed by atoms with van der Waals surface area (Å²) in [5, 5.41) is 16.0. The quantitative estimate of drug-likeness (QED) is 0.426. The molecule has 1 aromatic heterocycles.